The molecule has 1 atom stereocenters. The second-order valence-electron chi connectivity index (χ2n) is 5.35. The van der Waals surface area contributed by atoms with E-state index in [1.807, 2.05) is 0 Å². The highest BCUT2D eigenvalue weighted by Gasteiger charge is 2.26. The molecule has 0 spiro atoms. The molecule has 3 N–H and O–H groups in total. The molecule has 0 aliphatic rings. The molecule has 0 saturated heterocycles. The summed E-state index contributed by atoms with van der Waals surface area (Å²) >= 11 is 0. The van der Waals surface area contributed by atoms with E-state index in [2.05, 4.69) is 10.6 Å². The number of carbonyl (C=O) groups excluding carboxylic acids is 1. The lowest BCUT2D eigenvalue weighted by molar-refractivity contribution is 0.0367. The molecule has 23 heavy (non-hydrogen) atoms. The van der Waals surface area contributed by atoms with E-state index < -0.39 is 23.3 Å². The van der Waals surface area contributed by atoms with Crippen molar-refractivity contribution >= 4 is 6.03 Å². The van der Waals surface area contributed by atoms with Crippen LogP contribution in [0.5, 0.6) is 0 Å². The van der Waals surface area contributed by atoms with Gasteiger partial charge in [0.05, 0.1) is 12.8 Å². The summed E-state index contributed by atoms with van der Waals surface area (Å²) in [6.45, 7) is 1.59. The van der Waals surface area contributed by atoms with Gasteiger partial charge in [0.1, 0.15) is 23.0 Å². The van der Waals surface area contributed by atoms with Crippen LogP contribution in [-0.4, -0.2) is 24.2 Å². The van der Waals surface area contributed by atoms with Gasteiger partial charge in [0.2, 0.25) is 0 Å². The van der Waals surface area contributed by atoms with Crippen molar-refractivity contribution < 1.29 is 23.1 Å². The molecule has 0 bridgehead atoms. The van der Waals surface area contributed by atoms with Gasteiger partial charge in [-0.25, -0.2) is 13.6 Å². The summed E-state index contributed by atoms with van der Waals surface area (Å²) in [5, 5.41) is 15.2. The molecule has 7 heteroatoms. The molecule has 1 aromatic heterocycles. The Morgan fingerprint density at radius 3 is 2.78 bits per heavy atom. The first-order valence-electron chi connectivity index (χ1n) is 7.10. The third-order valence-electron chi connectivity index (χ3n) is 3.33. The first kappa shape index (κ1) is 17.0. The van der Waals surface area contributed by atoms with Crippen molar-refractivity contribution in [1.82, 2.24) is 10.6 Å². The van der Waals surface area contributed by atoms with Crippen LogP contribution in [0.3, 0.4) is 0 Å². The van der Waals surface area contributed by atoms with Crippen LogP contribution in [0.15, 0.2) is 41.0 Å². The van der Waals surface area contributed by atoms with Crippen molar-refractivity contribution in [2.75, 3.05) is 13.1 Å². The number of amides is 2. The lowest BCUT2D eigenvalue weighted by Crippen LogP contribution is -2.43. The Bertz CT molecular complexity index is 657. The summed E-state index contributed by atoms with van der Waals surface area (Å²) in [6, 6.07) is 5.90. The Morgan fingerprint density at radius 2 is 2.09 bits per heavy atom. The fourth-order valence-electron chi connectivity index (χ4n) is 2.03. The molecule has 0 radical (unpaired) electrons. The van der Waals surface area contributed by atoms with Crippen molar-refractivity contribution in [3.05, 3.63) is 59.6 Å². The summed E-state index contributed by atoms with van der Waals surface area (Å²) in [7, 11) is 0. The molecule has 0 fully saturated rings. The summed E-state index contributed by atoms with van der Waals surface area (Å²) in [4.78, 5) is 11.7. The third kappa shape index (κ3) is 4.79. The zero-order chi connectivity index (χ0) is 16.9. The lowest BCUT2D eigenvalue weighted by Gasteiger charge is -2.21. The van der Waals surface area contributed by atoms with E-state index in [1.54, 1.807) is 12.1 Å². The number of aliphatic hydroxyl groups is 1. The molecule has 124 valence electrons. The number of urea groups is 1. The number of hydrogen-bond donors (Lipinski definition) is 3. The minimum absolute atomic E-state index is 0.0549. The lowest BCUT2D eigenvalue weighted by atomic mass is 10.0. The van der Waals surface area contributed by atoms with Crippen LogP contribution in [0.25, 0.3) is 0 Å². The first-order valence-corrected chi connectivity index (χ1v) is 7.10. The number of nitrogens with one attached hydrogen (secondary N) is 2. The molecular weight excluding hydrogens is 306 g/mol. The van der Waals surface area contributed by atoms with Crippen LogP contribution < -0.4 is 10.6 Å². The number of halogens is 2. The van der Waals surface area contributed by atoms with Crippen LogP contribution in [-0.2, 0) is 12.0 Å². The maximum Gasteiger partial charge on any atom is 0.314 e. The Hall–Kier alpha value is -2.41. The quantitative estimate of drug-likeness (QED) is 0.763. The zero-order valence-electron chi connectivity index (χ0n) is 12.6. The highest BCUT2D eigenvalue weighted by Crippen LogP contribution is 2.19. The molecular formula is C16H18F2N2O3. The van der Waals surface area contributed by atoms with Gasteiger partial charge in [-0.2, -0.15) is 0 Å². The Balaban J connectivity index is 1.76. The molecule has 0 saturated carbocycles. The summed E-state index contributed by atoms with van der Waals surface area (Å²) in [6.07, 6.45) is 1.59. The predicted molar refractivity (Wildman–Crippen MR) is 79.7 cm³/mol. The van der Waals surface area contributed by atoms with Crippen LogP contribution in [0, 0.1) is 11.6 Å². The second-order valence-corrected chi connectivity index (χ2v) is 5.35. The topological polar surface area (TPSA) is 74.5 Å². The number of furan rings is 1. The number of carbonyl (C=O) groups is 1. The van der Waals surface area contributed by atoms with E-state index in [1.165, 1.54) is 13.2 Å². The fraction of sp³-hybridized carbons (Fsp3) is 0.312. The third-order valence-corrected chi connectivity index (χ3v) is 3.33. The van der Waals surface area contributed by atoms with Crippen LogP contribution >= 0.6 is 0 Å². The minimum Gasteiger partial charge on any atom is -0.466 e. The van der Waals surface area contributed by atoms with Crippen LogP contribution in [0.1, 0.15) is 18.2 Å². The van der Waals surface area contributed by atoms with Gasteiger partial charge in [0, 0.05) is 6.54 Å². The van der Waals surface area contributed by atoms with Gasteiger partial charge in [-0.15, -0.1) is 0 Å². The number of hydrogen-bond acceptors (Lipinski definition) is 3. The molecule has 0 aliphatic carbocycles. The van der Waals surface area contributed by atoms with Gasteiger partial charge in [0.15, 0.2) is 0 Å². The van der Waals surface area contributed by atoms with Crippen molar-refractivity contribution in [3.8, 4) is 0 Å². The van der Waals surface area contributed by atoms with E-state index in [0.717, 1.165) is 18.2 Å². The molecule has 2 aromatic rings. The van der Waals surface area contributed by atoms with Gasteiger partial charge in [-0.3, -0.25) is 0 Å². The van der Waals surface area contributed by atoms with Gasteiger partial charge < -0.3 is 20.2 Å². The summed E-state index contributed by atoms with van der Waals surface area (Å²) < 4.78 is 31.5. The maximum atomic E-state index is 13.4. The average molecular weight is 324 g/mol. The van der Waals surface area contributed by atoms with Gasteiger partial charge in [-0.05, 0) is 49.2 Å². The molecule has 2 rings (SSSR count). The molecule has 1 unspecified atom stereocenters. The molecule has 5 nitrogen and oxygen atoms in total. The van der Waals surface area contributed by atoms with Crippen LogP contribution in [0.4, 0.5) is 13.6 Å². The summed E-state index contributed by atoms with van der Waals surface area (Å²) in [5.74, 6) is -0.714. The Labute approximate surface area is 132 Å². The Kier molecular flexibility index (Phi) is 5.33. The Morgan fingerprint density at radius 1 is 1.30 bits per heavy atom. The monoisotopic (exact) mass is 324 g/mol. The largest absolute Gasteiger partial charge is 0.466 e. The first-order chi connectivity index (χ1) is 10.9. The molecule has 1 heterocycles. The normalized spacial score (nSPS) is 13.4. The van der Waals surface area contributed by atoms with E-state index in [-0.39, 0.29) is 25.1 Å². The average Bonchev–Trinajstić information content (AvgIpc) is 3.04. The second kappa shape index (κ2) is 7.23. The van der Waals surface area contributed by atoms with Crippen molar-refractivity contribution in [1.29, 1.82) is 0 Å². The maximum absolute atomic E-state index is 13.4. The predicted octanol–water partition coefficient (Wildman–Crippen LogP) is 2.31. The highest BCUT2D eigenvalue weighted by molar-refractivity contribution is 5.73. The van der Waals surface area contributed by atoms with E-state index >= 15 is 0 Å². The van der Waals surface area contributed by atoms with E-state index in [0.29, 0.717) is 5.76 Å². The summed E-state index contributed by atoms with van der Waals surface area (Å²) in [5.41, 5.74) is -1.15. The standard InChI is InChI=1S/C16H18F2N2O3/c1-16(22,14-3-2-8-23-14)10-20-15(21)19-7-6-11-9-12(17)4-5-13(11)18/h2-5,8-9,22H,6-7,10H2,1H3,(H2,19,20,21). The number of benzene rings is 1. The van der Waals surface area contributed by atoms with Crippen molar-refractivity contribution in [2.45, 2.75) is 18.9 Å². The highest BCUT2D eigenvalue weighted by atomic mass is 19.1. The van der Waals surface area contributed by atoms with Crippen molar-refractivity contribution in [2.24, 2.45) is 0 Å². The van der Waals surface area contributed by atoms with E-state index in [4.69, 9.17) is 4.42 Å². The molecule has 0 aliphatic heterocycles. The van der Waals surface area contributed by atoms with Crippen molar-refractivity contribution in [3.63, 3.8) is 0 Å². The van der Waals surface area contributed by atoms with E-state index in [9.17, 15) is 18.7 Å². The SMILES string of the molecule is CC(O)(CNC(=O)NCCc1cc(F)ccc1F)c1ccco1. The van der Waals surface area contributed by atoms with Gasteiger partial charge in [-0.1, -0.05) is 0 Å². The van der Waals surface area contributed by atoms with Gasteiger partial charge in [0.25, 0.3) is 0 Å². The molecule has 2 amide bonds. The smallest absolute Gasteiger partial charge is 0.314 e. The number of rotatable bonds is 6. The van der Waals surface area contributed by atoms with Crippen LogP contribution in [0.2, 0.25) is 0 Å². The van der Waals surface area contributed by atoms with Gasteiger partial charge >= 0.3 is 6.03 Å². The zero-order valence-corrected chi connectivity index (χ0v) is 12.6. The fourth-order valence-corrected chi connectivity index (χ4v) is 2.03. The minimum atomic E-state index is -1.34. The molecule has 1 aromatic carbocycles.